The zero-order valence-corrected chi connectivity index (χ0v) is 22.6. The summed E-state index contributed by atoms with van der Waals surface area (Å²) in [6, 6.07) is 0. The van der Waals surface area contributed by atoms with E-state index in [2.05, 4.69) is 52.2 Å². The third-order valence-corrected chi connectivity index (χ3v) is 5.70. The molecule has 0 spiro atoms. The summed E-state index contributed by atoms with van der Waals surface area (Å²) in [6.45, 7) is 16.1. The molecule has 0 aliphatic carbocycles. The first-order valence-corrected chi connectivity index (χ1v) is 12.5. The first-order chi connectivity index (χ1) is 16.4. The van der Waals surface area contributed by atoms with Crippen molar-refractivity contribution in [2.24, 2.45) is 11.3 Å². The van der Waals surface area contributed by atoms with Gasteiger partial charge in [0.05, 0.1) is 45.2 Å². The van der Waals surface area contributed by atoms with Gasteiger partial charge in [-0.15, -0.1) is 0 Å². The predicted molar refractivity (Wildman–Crippen MR) is 133 cm³/mol. The molecule has 0 bridgehead atoms. The summed E-state index contributed by atoms with van der Waals surface area (Å²) >= 11 is 0. The van der Waals surface area contributed by atoms with E-state index < -0.39 is 5.97 Å². The minimum atomic E-state index is -0.912. The van der Waals surface area contributed by atoms with Crippen LogP contribution in [0.2, 0.25) is 0 Å². The molecule has 35 heavy (non-hydrogen) atoms. The lowest BCUT2D eigenvalue weighted by molar-refractivity contribution is -0.137. The number of aliphatic carboxylic acids is 1. The minimum absolute atomic E-state index is 0.0211. The number of rotatable bonds is 22. The second kappa shape index (κ2) is 18.5. The SMILES string of the molecule is CC(C)C(C)(C)CC(C)(C)OCCOCCNC(=O)COCCOCCNC(=O)CCCC(=O)O. The second-order valence-electron chi connectivity index (χ2n) is 10.2. The fourth-order valence-electron chi connectivity index (χ4n) is 3.28. The molecule has 0 saturated heterocycles. The van der Waals surface area contributed by atoms with E-state index in [1.807, 2.05) is 0 Å². The molecule has 0 aromatic heterocycles. The Morgan fingerprint density at radius 3 is 1.89 bits per heavy atom. The van der Waals surface area contributed by atoms with Crippen LogP contribution in [-0.2, 0) is 33.3 Å². The Bertz CT molecular complexity index is 608. The third-order valence-electron chi connectivity index (χ3n) is 5.70. The minimum Gasteiger partial charge on any atom is -0.481 e. The lowest BCUT2D eigenvalue weighted by Crippen LogP contribution is -2.35. The molecule has 0 fully saturated rings. The van der Waals surface area contributed by atoms with Crippen molar-refractivity contribution in [3.8, 4) is 0 Å². The van der Waals surface area contributed by atoms with Crippen LogP contribution in [0, 0.1) is 11.3 Å². The van der Waals surface area contributed by atoms with Crippen LogP contribution in [0.15, 0.2) is 0 Å². The number of hydrogen-bond acceptors (Lipinski definition) is 7. The molecule has 2 amide bonds. The van der Waals surface area contributed by atoms with Crippen LogP contribution in [0.4, 0.5) is 0 Å². The Hall–Kier alpha value is -1.75. The number of nitrogens with one attached hydrogen (secondary N) is 2. The molecule has 0 radical (unpaired) electrons. The van der Waals surface area contributed by atoms with E-state index in [1.54, 1.807) is 0 Å². The first kappa shape index (κ1) is 33.2. The van der Waals surface area contributed by atoms with E-state index in [4.69, 9.17) is 24.1 Å². The quantitative estimate of drug-likeness (QED) is 0.192. The van der Waals surface area contributed by atoms with Crippen molar-refractivity contribution in [2.75, 3.05) is 59.3 Å². The predicted octanol–water partition coefficient (Wildman–Crippen LogP) is 2.39. The smallest absolute Gasteiger partial charge is 0.303 e. The summed E-state index contributed by atoms with van der Waals surface area (Å²) < 4.78 is 22.1. The van der Waals surface area contributed by atoms with Crippen LogP contribution in [-0.4, -0.2) is 87.8 Å². The molecule has 0 rings (SSSR count). The molecular weight excluding hydrogens is 456 g/mol. The molecular formula is C25H48N2O8. The molecule has 0 aromatic rings. The summed E-state index contributed by atoms with van der Waals surface area (Å²) in [5.41, 5.74) is -0.0182. The van der Waals surface area contributed by atoms with Gasteiger partial charge in [0.1, 0.15) is 6.61 Å². The maximum atomic E-state index is 11.7. The summed E-state index contributed by atoms with van der Waals surface area (Å²) in [6.07, 6.45) is 1.44. The van der Waals surface area contributed by atoms with Crippen molar-refractivity contribution in [2.45, 2.75) is 72.8 Å². The van der Waals surface area contributed by atoms with Crippen molar-refractivity contribution >= 4 is 17.8 Å². The lowest BCUT2D eigenvalue weighted by Gasteiger charge is -2.37. The topological polar surface area (TPSA) is 132 Å². The fourth-order valence-corrected chi connectivity index (χ4v) is 3.28. The Labute approximate surface area is 210 Å². The molecule has 0 heterocycles. The molecule has 0 saturated carbocycles. The van der Waals surface area contributed by atoms with Crippen LogP contribution in [0.25, 0.3) is 0 Å². The number of ether oxygens (including phenoxy) is 4. The summed E-state index contributed by atoms with van der Waals surface area (Å²) in [7, 11) is 0. The van der Waals surface area contributed by atoms with Crippen LogP contribution < -0.4 is 10.6 Å². The van der Waals surface area contributed by atoms with E-state index in [1.165, 1.54) is 0 Å². The Morgan fingerprint density at radius 1 is 0.771 bits per heavy atom. The summed E-state index contributed by atoms with van der Waals surface area (Å²) in [4.78, 5) is 33.6. The van der Waals surface area contributed by atoms with Crippen molar-refractivity contribution in [1.29, 1.82) is 0 Å². The maximum Gasteiger partial charge on any atom is 0.303 e. The van der Waals surface area contributed by atoms with Crippen molar-refractivity contribution < 1.29 is 38.4 Å². The maximum absolute atomic E-state index is 11.7. The number of carboxylic acid groups (broad SMARTS) is 1. The third kappa shape index (κ3) is 20.2. The number of amides is 2. The standard InChI is InChI=1S/C25H48N2O8/c1-20(2)24(3,4)19-25(5,6)35-17-16-33-13-11-27-22(29)18-34-15-14-32-12-10-26-21(28)8-7-9-23(30)31/h20H,7-19H2,1-6H3,(H,26,28)(H,27,29)(H,30,31). The highest BCUT2D eigenvalue weighted by atomic mass is 16.5. The lowest BCUT2D eigenvalue weighted by atomic mass is 9.73. The zero-order chi connectivity index (χ0) is 26.7. The molecule has 3 N–H and O–H groups in total. The van der Waals surface area contributed by atoms with Gasteiger partial charge in [0.2, 0.25) is 11.8 Å². The van der Waals surface area contributed by atoms with Gasteiger partial charge in [0.15, 0.2) is 0 Å². The van der Waals surface area contributed by atoms with Crippen molar-refractivity contribution in [1.82, 2.24) is 10.6 Å². The van der Waals surface area contributed by atoms with E-state index in [-0.39, 0.29) is 48.9 Å². The van der Waals surface area contributed by atoms with E-state index in [0.29, 0.717) is 58.5 Å². The molecule has 0 aliphatic rings. The fraction of sp³-hybridized carbons (Fsp3) is 0.880. The number of carboxylic acids is 1. The first-order valence-electron chi connectivity index (χ1n) is 12.5. The molecule has 0 unspecified atom stereocenters. The summed E-state index contributed by atoms with van der Waals surface area (Å²) in [5, 5.41) is 13.9. The molecule has 0 atom stereocenters. The van der Waals surface area contributed by atoms with Gasteiger partial charge in [-0.2, -0.15) is 0 Å². The Balaban J connectivity index is 3.56. The molecule has 10 heteroatoms. The normalized spacial score (nSPS) is 12.1. The molecule has 0 aliphatic heterocycles. The van der Waals surface area contributed by atoms with Gasteiger partial charge in [-0.1, -0.05) is 27.7 Å². The molecule has 10 nitrogen and oxygen atoms in total. The van der Waals surface area contributed by atoms with Crippen LogP contribution in [0.5, 0.6) is 0 Å². The summed E-state index contributed by atoms with van der Waals surface area (Å²) in [5.74, 6) is -0.764. The monoisotopic (exact) mass is 504 g/mol. The Kier molecular flexibility index (Phi) is 17.6. The van der Waals surface area contributed by atoms with Gasteiger partial charge in [0, 0.05) is 25.9 Å². The van der Waals surface area contributed by atoms with Gasteiger partial charge in [-0.3, -0.25) is 14.4 Å². The van der Waals surface area contributed by atoms with Crippen molar-refractivity contribution in [3.63, 3.8) is 0 Å². The van der Waals surface area contributed by atoms with E-state index in [0.717, 1.165) is 6.42 Å². The second-order valence-corrected chi connectivity index (χ2v) is 10.2. The van der Waals surface area contributed by atoms with Crippen LogP contribution in [0.3, 0.4) is 0 Å². The van der Waals surface area contributed by atoms with Gasteiger partial charge in [-0.25, -0.2) is 0 Å². The number of hydrogen-bond donors (Lipinski definition) is 3. The highest BCUT2D eigenvalue weighted by molar-refractivity contribution is 5.77. The van der Waals surface area contributed by atoms with Gasteiger partial charge >= 0.3 is 5.97 Å². The van der Waals surface area contributed by atoms with Gasteiger partial charge in [-0.05, 0) is 38.0 Å². The molecule has 206 valence electrons. The zero-order valence-electron chi connectivity index (χ0n) is 22.6. The highest BCUT2D eigenvalue weighted by Crippen LogP contribution is 2.36. The van der Waals surface area contributed by atoms with E-state index in [9.17, 15) is 14.4 Å². The van der Waals surface area contributed by atoms with Crippen LogP contribution in [0.1, 0.15) is 67.2 Å². The van der Waals surface area contributed by atoms with Gasteiger partial charge in [0.25, 0.3) is 0 Å². The van der Waals surface area contributed by atoms with E-state index >= 15 is 0 Å². The average molecular weight is 505 g/mol. The highest BCUT2D eigenvalue weighted by Gasteiger charge is 2.31. The molecule has 0 aromatic carbocycles. The number of carbonyl (C=O) groups is 3. The van der Waals surface area contributed by atoms with Crippen molar-refractivity contribution in [3.05, 3.63) is 0 Å². The van der Waals surface area contributed by atoms with Gasteiger partial charge < -0.3 is 34.7 Å². The largest absolute Gasteiger partial charge is 0.481 e. The van der Waals surface area contributed by atoms with Crippen LogP contribution >= 0.6 is 0 Å². The Morgan fingerprint density at radius 2 is 1.31 bits per heavy atom. The number of carbonyl (C=O) groups excluding carboxylic acids is 2. The average Bonchev–Trinajstić information content (AvgIpc) is 2.73.